The van der Waals surface area contributed by atoms with E-state index in [2.05, 4.69) is 20.5 Å². The Balaban J connectivity index is 1.20. The van der Waals surface area contributed by atoms with Crippen LogP contribution in [0.5, 0.6) is 0 Å². The molecule has 1 aromatic carbocycles. The molecular weight excluding hydrogens is 504 g/mol. The average molecular weight is 542 g/mol. The highest BCUT2D eigenvalue weighted by atomic mass is 19.3. The Morgan fingerprint density at radius 2 is 1.54 bits per heavy atom. The van der Waals surface area contributed by atoms with Crippen molar-refractivity contribution in [1.29, 1.82) is 0 Å². The lowest BCUT2D eigenvalue weighted by Gasteiger charge is -2.33. The van der Waals surface area contributed by atoms with Crippen molar-refractivity contribution in [1.82, 2.24) is 24.8 Å². The molecule has 3 fully saturated rings. The number of benzene rings is 1. The minimum atomic E-state index is -2.74. The number of rotatable bonds is 8. The van der Waals surface area contributed by atoms with Crippen molar-refractivity contribution in [3.63, 3.8) is 0 Å². The molecule has 1 aliphatic carbocycles. The number of nitrogens with zero attached hydrogens (tertiary/aromatic N) is 5. The summed E-state index contributed by atoms with van der Waals surface area (Å²) in [4.78, 5) is 15.9. The van der Waals surface area contributed by atoms with Gasteiger partial charge in [-0.1, -0.05) is 12.1 Å². The molecule has 2 aromatic heterocycles. The maximum absolute atomic E-state index is 14.1. The van der Waals surface area contributed by atoms with Gasteiger partial charge in [-0.25, -0.2) is 13.8 Å². The van der Waals surface area contributed by atoms with Gasteiger partial charge < -0.3 is 25.0 Å². The minimum Gasteiger partial charge on any atom is -0.381 e. The Hall–Kier alpha value is -2.89. The van der Waals surface area contributed by atoms with Gasteiger partial charge in [0.25, 0.3) is 6.43 Å². The lowest BCUT2D eigenvalue weighted by Crippen LogP contribution is -2.43. The third-order valence-electron chi connectivity index (χ3n) is 8.13. The standard InChI is InChI=1S/C28H37F2N7O2/c29-26(30)27-33-22-3-1-2-4-23(22)37(27)25-17-24(36-11-15-39-16-12-36)34-28(35-25)31-18-19-5-7-20(8-6-19)32-21-9-13-38-14-10-21/h1-4,17,19-21,26,32H,5-16,18H2,(H,31,34,35)/t19-,20-. The van der Waals surface area contributed by atoms with Crippen LogP contribution >= 0.6 is 0 Å². The van der Waals surface area contributed by atoms with Gasteiger partial charge in [-0.15, -0.1) is 0 Å². The molecule has 0 radical (unpaired) electrons. The number of alkyl halides is 2. The second-order valence-electron chi connectivity index (χ2n) is 10.8. The van der Waals surface area contributed by atoms with Gasteiger partial charge in [0, 0.05) is 51.0 Å². The number of hydrogen-bond donors (Lipinski definition) is 2. The zero-order valence-corrected chi connectivity index (χ0v) is 22.2. The van der Waals surface area contributed by atoms with Crippen LogP contribution in [0.15, 0.2) is 30.3 Å². The van der Waals surface area contributed by atoms with Crippen molar-refractivity contribution < 1.29 is 18.3 Å². The molecule has 210 valence electrons. The fourth-order valence-corrected chi connectivity index (χ4v) is 5.97. The summed E-state index contributed by atoms with van der Waals surface area (Å²) in [5.74, 6) is 1.75. The number of hydrogen-bond acceptors (Lipinski definition) is 8. The first-order valence-corrected chi connectivity index (χ1v) is 14.2. The SMILES string of the molecule is FC(F)c1nc2ccccc2n1-c1cc(N2CCOCC2)nc(NC[C@H]2CC[C@H](NC3CCOCC3)CC2)n1. The van der Waals surface area contributed by atoms with Crippen LogP contribution in [0.3, 0.4) is 0 Å². The first kappa shape index (κ1) is 26.3. The number of fused-ring (bicyclic) bond motifs is 1. The topological polar surface area (TPSA) is 89.4 Å². The molecule has 9 nitrogen and oxygen atoms in total. The van der Waals surface area contributed by atoms with Crippen LogP contribution in [-0.2, 0) is 9.47 Å². The maximum atomic E-state index is 14.1. The number of imidazole rings is 1. The van der Waals surface area contributed by atoms with Gasteiger partial charge >= 0.3 is 0 Å². The predicted molar refractivity (Wildman–Crippen MR) is 146 cm³/mol. The summed E-state index contributed by atoms with van der Waals surface area (Å²) in [6, 6.07) is 10.1. The van der Waals surface area contributed by atoms with E-state index >= 15 is 0 Å². The molecule has 39 heavy (non-hydrogen) atoms. The Bertz CT molecular complexity index is 1240. The Kier molecular flexibility index (Phi) is 8.17. The summed E-state index contributed by atoms with van der Waals surface area (Å²) in [5, 5.41) is 7.29. The second-order valence-corrected chi connectivity index (χ2v) is 10.8. The summed E-state index contributed by atoms with van der Waals surface area (Å²) in [7, 11) is 0. The monoisotopic (exact) mass is 541 g/mol. The van der Waals surface area contributed by atoms with E-state index in [0.717, 1.165) is 58.3 Å². The lowest BCUT2D eigenvalue weighted by molar-refractivity contribution is 0.0724. The number of halogens is 2. The zero-order valence-electron chi connectivity index (χ0n) is 22.2. The van der Waals surface area contributed by atoms with Crippen molar-refractivity contribution >= 4 is 22.8 Å². The number of ether oxygens (including phenoxy) is 2. The third-order valence-corrected chi connectivity index (χ3v) is 8.13. The Morgan fingerprint density at radius 3 is 2.31 bits per heavy atom. The van der Waals surface area contributed by atoms with Gasteiger partial charge in [-0.05, 0) is 56.6 Å². The van der Waals surface area contributed by atoms with Crippen LogP contribution in [0.1, 0.15) is 50.8 Å². The molecule has 0 atom stereocenters. The molecule has 0 bridgehead atoms. The first-order chi connectivity index (χ1) is 19.1. The molecular formula is C28H37F2N7O2. The number of anilines is 2. The molecule has 6 rings (SSSR count). The molecule has 3 aliphatic rings. The van der Waals surface area contributed by atoms with Gasteiger partial charge in [0.15, 0.2) is 5.82 Å². The molecule has 2 aliphatic heterocycles. The number of nitrogens with one attached hydrogen (secondary N) is 2. The van der Waals surface area contributed by atoms with Crippen LogP contribution in [-0.4, -0.2) is 77.7 Å². The van der Waals surface area contributed by atoms with E-state index in [-0.39, 0.29) is 5.82 Å². The lowest BCUT2D eigenvalue weighted by atomic mass is 9.85. The van der Waals surface area contributed by atoms with Crippen LogP contribution in [0, 0.1) is 5.92 Å². The van der Waals surface area contributed by atoms with Crippen LogP contribution in [0.2, 0.25) is 0 Å². The summed E-state index contributed by atoms with van der Waals surface area (Å²) in [6.45, 7) is 5.04. The highest BCUT2D eigenvalue weighted by molar-refractivity contribution is 5.78. The van der Waals surface area contributed by atoms with Gasteiger partial charge in [-0.2, -0.15) is 9.97 Å². The molecule has 0 unspecified atom stereocenters. The van der Waals surface area contributed by atoms with E-state index in [1.54, 1.807) is 24.3 Å². The summed E-state index contributed by atoms with van der Waals surface area (Å²) < 4.78 is 40.7. The minimum absolute atomic E-state index is 0.316. The third kappa shape index (κ3) is 6.15. The molecule has 3 aromatic rings. The summed E-state index contributed by atoms with van der Waals surface area (Å²) in [6.07, 6.45) is 4.03. The molecule has 4 heterocycles. The van der Waals surface area contributed by atoms with Crippen molar-refractivity contribution in [2.24, 2.45) is 5.92 Å². The highest BCUT2D eigenvalue weighted by Crippen LogP contribution is 2.30. The quantitative estimate of drug-likeness (QED) is 0.436. The Morgan fingerprint density at radius 1 is 0.846 bits per heavy atom. The van der Waals surface area contributed by atoms with Crippen LogP contribution in [0.25, 0.3) is 16.9 Å². The number of aromatic nitrogens is 4. The maximum Gasteiger partial charge on any atom is 0.296 e. The molecule has 0 amide bonds. The fourth-order valence-electron chi connectivity index (χ4n) is 5.97. The number of para-hydroxylation sites is 2. The van der Waals surface area contributed by atoms with Gasteiger partial charge in [0.1, 0.15) is 11.6 Å². The molecule has 11 heteroatoms. The molecule has 2 N–H and O–H groups in total. The van der Waals surface area contributed by atoms with Crippen LogP contribution in [0.4, 0.5) is 20.5 Å². The second kappa shape index (κ2) is 12.1. The van der Waals surface area contributed by atoms with Crippen molar-refractivity contribution in [3.8, 4) is 5.82 Å². The summed E-state index contributed by atoms with van der Waals surface area (Å²) >= 11 is 0. The van der Waals surface area contributed by atoms with Crippen LogP contribution < -0.4 is 15.5 Å². The van der Waals surface area contributed by atoms with E-state index in [0.29, 0.717) is 72.9 Å². The van der Waals surface area contributed by atoms with Gasteiger partial charge in [0.05, 0.1) is 24.2 Å². The van der Waals surface area contributed by atoms with E-state index in [1.165, 1.54) is 4.57 Å². The zero-order chi connectivity index (χ0) is 26.6. The average Bonchev–Trinajstić information content (AvgIpc) is 3.38. The molecule has 1 saturated carbocycles. The normalized spacial score (nSPS) is 23.0. The molecule has 0 spiro atoms. The molecule has 2 saturated heterocycles. The van der Waals surface area contributed by atoms with Crippen molar-refractivity contribution in [2.75, 3.05) is 56.3 Å². The van der Waals surface area contributed by atoms with Gasteiger partial charge in [0.2, 0.25) is 5.95 Å². The smallest absolute Gasteiger partial charge is 0.296 e. The Labute approximate surface area is 227 Å². The fraction of sp³-hybridized carbons (Fsp3) is 0.607. The van der Waals surface area contributed by atoms with E-state index < -0.39 is 6.43 Å². The van der Waals surface area contributed by atoms with E-state index in [1.807, 2.05) is 6.07 Å². The predicted octanol–water partition coefficient (Wildman–Crippen LogP) is 4.33. The van der Waals surface area contributed by atoms with Crippen molar-refractivity contribution in [2.45, 2.75) is 57.0 Å². The van der Waals surface area contributed by atoms with E-state index in [9.17, 15) is 8.78 Å². The number of morpholine rings is 1. The largest absolute Gasteiger partial charge is 0.381 e. The summed E-state index contributed by atoms with van der Waals surface area (Å²) in [5.41, 5.74) is 1.11. The first-order valence-electron chi connectivity index (χ1n) is 14.2. The van der Waals surface area contributed by atoms with Crippen molar-refractivity contribution in [3.05, 3.63) is 36.2 Å². The highest BCUT2D eigenvalue weighted by Gasteiger charge is 2.26. The van der Waals surface area contributed by atoms with E-state index in [4.69, 9.17) is 19.4 Å². The van der Waals surface area contributed by atoms with Gasteiger partial charge in [-0.3, -0.25) is 4.57 Å².